The number of halogens is 1. The van der Waals surface area contributed by atoms with Gasteiger partial charge in [-0.05, 0) is 52.7 Å². The molecular formula is C26H31ClN4O3Si. The van der Waals surface area contributed by atoms with Crippen molar-refractivity contribution >= 4 is 41.8 Å². The zero-order valence-electron chi connectivity index (χ0n) is 20.3. The van der Waals surface area contributed by atoms with Crippen LogP contribution in [0.3, 0.4) is 0 Å². The van der Waals surface area contributed by atoms with E-state index in [2.05, 4.69) is 79.3 Å². The fourth-order valence-electron chi connectivity index (χ4n) is 5.33. The predicted molar refractivity (Wildman–Crippen MR) is 142 cm³/mol. The topological polar surface area (TPSA) is 104 Å². The van der Waals surface area contributed by atoms with E-state index in [1.807, 2.05) is 12.1 Å². The van der Waals surface area contributed by atoms with Gasteiger partial charge in [0.15, 0.2) is 0 Å². The van der Waals surface area contributed by atoms with Crippen LogP contribution >= 0.6 is 11.6 Å². The Hall–Kier alpha value is -2.81. The summed E-state index contributed by atoms with van der Waals surface area (Å²) < 4.78 is 7.25. The molecule has 0 bridgehead atoms. The Morgan fingerprint density at radius 3 is 1.94 bits per heavy atom. The van der Waals surface area contributed by atoms with Crippen LogP contribution in [0.2, 0.25) is 10.3 Å². The van der Waals surface area contributed by atoms with E-state index in [9.17, 15) is 10.1 Å². The highest BCUT2D eigenvalue weighted by atomic mass is 35.5. The van der Waals surface area contributed by atoms with E-state index >= 15 is 0 Å². The zero-order chi connectivity index (χ0) is 25.2. The molecular weight excluding hydrogens is 480 g/mol. The van der Waals surface area contributed by atoms with Crippen molar-refractivity contribution in [1.82, 2.24) is 9.97 Å². The summed E-state index contributed by atoms with van der Waals surface area (Å²) in [5.74, 6) is -0.298. The van der Waals surface area contributed by atoms with Gasteiger partial charge in [0.25, 0.3) is 8.32 Å². The third kappa shape index (κ3) is 4.96. The molecule has 1 saturated carbocycles. The van der Waals surface area contributed by atoms with E-state index < -0.39 is 13.2 Å². The van der Waals surface area contributed by atoms with Crippen LogP contribution in [-0.4, -0.2) is 29.3 Å². The molecule has 1 heterocycles. The molecule has 0 atom stereocenters. The largest absolute Gasteiger partial charge is 0.404 e. The summed E-state index contributed by atoms with van der Waals surface area (Å²) in [6.07, 6.45) is 2.99. The van der Waals surface area contributed by atoms with Crippen molar-refractivity contribution in [3.63, 3.8) is 0 Å². The van der Waals surface area contributed by atoms with Gasteiger partial charge in [-0.3, -0.25) is 10.1 Å². The number of nitro groups is 1. The first-order chi connectivity index (χ1) is 16.6. The highest BCUT2D eigenvalue weighted by Crippen LogP contribution is 2.43. The molecule has 35 heavy (non-hydrogen) atoms. The molecule has 1 fully saturated rings. The van der Waals surface area contributed by atoms with E-state index in [1.165, 1.54) is 10.4 Å². The molecule has 2 aromatic carbocycles. The van der Waals surface area contributed by atoms with Crippen LogP contribution in [0.1, 0.15) is 58.1 Å². The second-order valence-electron chi connectivity index (χ2n) is 10.1. The number of nitrogens with two attached hydrogens (primary N) is 1. The van der Waals surface area contributed by atoms with Gasteiger partial charge in [-0.1, -0.05) is 81.4 Å². The van der Waals surface area contributed by atoms with E-state index in [-0.39, 0.29) is 33.8 Å². The molecule has 4 rings (SSSR count). The molecule has 1 aromatic heterocycles. The van der Waals surface area contributed by atoms with Gasteiger partial charge < -0.3 is 10.2 Å². The summed E-state index contributed by atoms with van der Waals surface area (Å²) in [6.45, 7) is 6.79. The first kappa shape index (κ1) is 25.3. The van der Waals surface area contributed by atoms with Crippen LogP contribution in [-0.2, 0) is 4.43 Å². The fraction of sp³-hybridized carbons (Fsp3) is 0.385. The molecule has 0 spiro atoms. The highest BCUT2D eigenvalue weighted by molar-refractivity contribution is 6.99. The Bertz CT molecular complexity index is 1140. The minimum absolute atomic E-state index is 0.0336. The SMILES string of the molecule is CC(C)(C)[Si](OC1CCC(c2nc(Cl)nc(N)c2[N+](=O)[O-])CC1)(c1ccccc1)c1ccccc1. The first-order valence-electron chi connectivity index (χ1n) is 11.9. The number of anilines is 1. The molecule has 9 heteroatoms. The molecule has 1 aliphatic carbocycles. The van der Waals surface area contributed by atoms with Crippen LogP contribution in [0.15, 0.2) is 60.7 Å². The van der Waals surface area contributed by atoms with Gasteiger partial charge in [0.05, 0.1) is 4.92 Å². The fourth-order valence-corrected chi connectivity index (χ4v) is 10.3. The maximum Gasteiger partial charge on any atom is 0.332 e. The van der Waals surface area contributed by atoms with Crippen LogP contribution in [0.5, 0.6) is 0 Å². The Kier molecular flexibility index (Phi) is 7.26. The summed E-state index contributed by atoms with van der Waals surface area (Å²) in [6, 6.07) is 21.1. The quantitative estimate of drug-likeness (QED) is 0.211. The highest BCUT2D eigenvalue weighted by Gasteiger charge is 2.51. The van der Waals surface area contributed by atoms with Gasteiger partial charge in [0, 0.05) is 12.0 Å². The second-order valence-corrected chi connectivity index (χ2v) is 14.7. The van der Waals surface area contributed by atoms with Crippen LogP contribution in [0, 0.1) is 10.1 Å². The summed E-state index contributed by atoms with van der Waals surface area (Å²) in [5, 5.41) is 14.0. The van der Waals surface area contributed by atoms with Crippen molar-refractivity contribution in [2.75, 3.05) is 5.73 Å². The van der Waals surface area contributed by atoms with Crippen molar-refractivity contribution in [3.05, 3.63) is 81.8 Å². The van der Waals surface area contributed by atoms with E-state index in [0.717, 1.165) is 12.8 Å². The molecule has 0 amide bonds. The molecule has 2 N–H and O–H groups in total. The lowest BCUT2D eigenvalue weighted by molar-refractivity contribution is -0.385. The Morgan fingerprint density at radius 2 is 1.49 bits per heavy atom. The molecule has 0 saturated heterocycles. The normalized spacial score (nSPS) is 18.9. The lowest BCUT2D eigenvalue weighted by Crippen LogP contribution is -2.67. The number of nitrogens with zero attached hydrogens (tertiary/aromatic N) is 3. The van der Waals surface area contributed by atoms with Gasteiger partial charge in [-0.15, -0.1) is 0 Å². The van der Waals surface area contributed by atoms with Gasteiger partial charge in [-0.25, -0.2) is 4.98 Å². The van der Waals surface area contributed by atoms with E-state index in [1.54, 1.807) is 0 Å². The van der Waals surface area contributed by atoms with Crippen LogP contribution < -0.4 is 16.1 Å². The molecule has 0 unspecified atom stereocenters. The van der Waals surface area contributed by atoms with Gasteiger partial charge >= 0.3 is 5.69 Å². The number of rotatable bonds is 6. The van der Waals surface area contributed by atoms with E-state index in [4.69, 9.17) is 21.8 Å². The average Bonchev–Trinajstić information content (AvgIpc) is 2.82. The van der Waals surface area contributed by atoms with Gasteiger partial charge in [-0.2, -0.15) is 4.98 Å². The lowest BCUT2D eigenvalue weighted by atomic mass is 9.84. The van der Waals surface area contributed by atoms with Gasteiger partial charge in [0.2, 0.25) is 11.1 Å². The third-order valence-corrected chi connectivity index (χ3v) is 12.2. The summed E-state index contributed by atoms with van der Waals surface area (Å²) >= 11 is 6.00. The monoisotopic (exact) mass is 510 g/mol. The second kappa shape index (κ2) is 10.0. The summed E-state index contributed by atoms with van der Waals surface area (Å²) in [7, 11) is -2.66. The first-order valence-corrected chi connectivity index (χ1v) is 14.2. The summed E-state index contributed by atoms with van der Waals surface area (Å²) in [4.78, 5) is 19.1. The Balaban J connectivity index is 1.65. The number of hydrogen-bond acceptors (Lipinski definition) is 6. The van der Waals surface area contributed by atoms with Crippen molar-refractivity contribution in [2.45, 2.75) is 63.5 Å². The molecule has 0 radical (unpaired) electrons. The molecule has 1 aliphatic rings. The maximum absolute atomic E-state index is 11.7. The number of benzene rings is 2. The maximum atomic E-state index is 11.7. The van der Waals surface area contributed by atoms with Crippen LogP contribution in [0.25, 0.3) is 0 Å². The Morgan fingerprint density at radius 1 is 0.971 bits per heavy atom. The van der Waals surface area contributed by atoms with Crippen molar-refractivity contribution in [3.8, 4) is 0 Å². The average molecular weight is 511 g/mol. The minimum Gasteiger partial charge on any atom is -0.404 e. The zero-order valence-corrected chi connectivity index (χ0v) is 22.0. The third-order valence-electron chi connectivity index (χ3n) is 6.91. The Labute approximate surface area is 212 Å². The van der Waals surface area contributed by atoms with Crippen molar-refractivity contribution in [1.29, 1.82) is 0 Å². The smallest absolute Gasteiger partial charge is 0.332 e. The molecule has 3 aromatic rings. The molecule has 184 valence electrons. The summed E-state index contributed by atoms with van der Waals surface area (Å²) in [5.41, 5.74) is 5.92. The lowest BCUT2D eigenvalue weighted by Gasteiger charge is -2.46. The molecule has 7 nitrogen and oxygen atoms in total. The van der Waals surface area contributed by atoms with Crippen molar-refractivity contribution in [2.24, 2.45) is 0 Å². The van der Waals surface area contributed by atoms with Crippen LogP contribution in [0.4, 0.5) is 11.5 Å². The minimum atomic E-state index is -2.66. The number of nitrogen functional groups attached to an aromatic ring is 1. The van der Waals surface area contributed by atoms with Gasteiger partial charge in [0.1, 0.15) is 5.69 Å². The van der Waals surface area contributed by atoms with Crippen molar-refractivity contribution < 1.29 is 9.35 Å². The number of hydrogen-bond donors (Lipinski definition) is 1. The predicted octanol–water partition coefficient (Wildman–Crippen LogP) is 5.22. The standard InChI is InChI=1S/C26H31ClN4O3Si/c1-26(2,3)35(20-10-6-4-7-11-20,21-12-8-5-9-13-21)34-19-16-14-18(15-17-19)22-23(31(32)33)24(28)30-25(27)29-22/h4-13,18-19H,14-17H2,1-3H3,(H2,28,29,30). The molecule has 0 aliphatic heterocycles. The number of aromatic nitrogens is 2. The van der Waals surface area contributed by atoms with E-state index in [0.29, 0.717) is 18.5 Å².